The van der Waals surface area contributed by atoms with Crippen LogP contribution >= 0.6 is 0 Å². The molecule has 0 heterocycles. The van der Waals surface area contributed by atoms with Crippen LogP contribution in [-0.4, -0.2) is 61.3 Å². The van der Waals surface area contributed by atoms with Crippen molar-refractivity contribution in [1.82, 2.24) is 14.7 Å². The number of nitrogens with zero attached hydrogens (tertiary/aromatic N) is 3. The Morgan fingerprint density at radius 3 is 1.71 bits per heavy atom. The Balaban J connectivity index is 4.27. The van der Waals surface area contributed by atoms with E-state index in [0.29, 0.717) is 0 Å². The summed E-state index contributed by atoms with van der Waals surface area (Å²) in [5.74, 6) is 0. The molecule has 3 nitrogen and oxygen atoms in total. The number of hydrogen-bond acceptors (Lipinski definition) is 3. The van der Waals surface area contributed by atoms with E-state index in [2.05, 4.69) is 63.5 Å². The van der Waals surface area contributed by atoms with Crippen molar-refractivity contribution in [2.24, 2.45) is 0 Å². The van der Waals surface area contributed by atoms with E-state index in [1.165, 1.54) is 0 Å². The largest absolute Gasteiger partial charge is 0.294 e. The second-order valence-electron chi connectivity index (χ2n) is 4.52. The summed E-state index contributed by atoms with van der Waals surface area (Å²) >= 11 is 0. The summed E-state index contributed by atoms with van der Waals surface area (Å²) in [5.41, 5.74) is 0.123. The Labute approximate surface area is 89.7 Å². The molecule has 0 atom stereocenters. The van der Waals surface area contributed by atoms with Crippen LogP contribution in [0.25, 0.3) is 0 Å². The molecule has 0 aromatic rings. The fourth-order valence-electron chi connectivity index (χ4n) is 1.31. The van der Waals surface area contributed by atoms with Crippen LogP contribution in [0.5, 0.6) is 0 Å². The summed E-state index contributed by atoms with van der Waals surface area (Å²) < 4.78 is 0. The van der Waals surface area contributed by atoms with Crippen LogP contribution in [0.3, 0.4) is 0 Å². The molecule has 0 saturated carbocycles. The maximum absolute atomic E-state index is 2.38. The summed E-state index contributed by atoms with van der Waals surface area (Å²) in [6.07, 6.45) is 0. The molecule has 86 valence electrons. The third kappa shape index (κ3) is 3.56. The van der Waals surface area contributed by atoms with Crippen LogP contribution < -0.4 is 0 Å². The van der Waals surface area contributed by atoms with E-state index in [0.717, 1.165) is 19.8 Å². The average molecular weight is 201 g/mol. The lowest BCUT2D eigenvalue weighted by atomic mass is 10.2. The maximum atomic E-state index is 2.38. The highest BCUT2D eigenvalue weighted by Crippen LogP contribution is 2.16. The van der Waals surface area contributed by atoms with Gasteiger partial charge in [0.25, 0.3) is 0 Å². The van der Waals surface area contributed by atoms with E-state index in [9.17, 15) is 0 Å². The van der Waals surface area contributed by atoms with Gasteiger partial charge in [-0.15, -0.1) is 0 Å². The molecular weight excluding hydrogens is 174 g/mol. The molecule has 0 N–H and O–H groups in total. The van der Waals surface area contributed by atoms with Gasteiger partial charge in [0.15, 0.2) is 0 Å². The highest BCUT2D eigenvalue weighted by Gasteiger charge is 2.27. The van der Waals surface area contributed by atoms with Gasteiger partial charge in [0, 0.05) is 0 Å². The Kier molecular flexibility index (Phi) is 5.64. The summed E-state index contributed by atoms with van der Waals surface area (Å²) in [5, 5.41) is 0. The second kappa shape index (κ2) is 5.69. The van der Waals surface area contributed by atoms with Crippen molar-refractivity contribution < 1.29 is 0 Å². The topological polar surface area (TPSA) is 9.72 Å². The fraction of sp³-hybridized carbons (Fsp3) is 1.00. The van der Waals surface area contributed by atoms with E-state index in [1.807, 2.05) is 0 Å². The van der Waals surface area contributed by atoms with Gasteiger partial charge in [0.2, 0.25) is 0 Å². The first-order chi connectivity index (χ1) is 6.36. The molecule has 0 saturated heterocycles. The van der Waals surface area contributed by atoms with Crippen molar-refractivity contribution in [3.05, 3.63) is 0 Å². The molecule has 0 aliphatic heterocycles. The van der Waals surface area contributed by atoms with Gasteiger partial charge >= 0.3 is 0 Å². The summed E-state index contributed by atoms with van der Waals surface area (Å²) in [7, 11) is 6.50. The molecule has 0 amide bonds. The molecule has 14 heavy (non-hydrogen) atoms. The van der Waals surface area contributed by atoms with Crippen LogP contribution in [0, 0.1) is 0 Å². The Morgan fingerprint density at radius 2 is 1.36 bits per heavy atom. The van der Waals surface area contributed by atoms with Gasteiger partial charge in [-0.25, -0.2) is 0 Å². The Morgan fingerprint density at radius 1 is 0.857 bits per heavy atom. The van der Waals surface area contributed by atoms with Crippen LogP contribution in [0.15, 0.2) is 0 Å². The molecule has 0 aliphatic carbocycles. The van der Waals surface area contributed by atoms with Gasteiger partial charge in [0.05, 0.1) is 12.3 Å². The lowest BCUT2D eigenvalue weighted by Gasteiger charge is -2.44. The zero-order valence-electron chi connectivity index (χ0n) is 11.0. The average Bonchev–Trinajstić information content (AvgIpc) is 2.15. The van der Waals surface area contributed by atoms with Gasteiger partial charge in [-0.2, -0.15) is 0 Å². The van der Waals surface area contributed by atoms with E-state index in [4.69, 9.17) is 0 Å². The maximum Gasteiger partial charge on any atom is 0.0684 e. The SMILES string of the molecule is CCN(C)CN(C)C(C)(C)N(C)CC. The van der Waals surface area contributed by atoms with E-state index in [1.54, 1.807) is 0 Å². The first-order valence-corrected chi connectivity index (χ1v) is 5.47. The zero-order chi connectivity index (χ0) is 11.4. The lowest BCUT2D eigenvalue weighted by Crippen LogP contribution is -2.55. The Bertz CT molecular complexity index is 157. The molecular formula is C11H27N3. The smallest absolute Gasteiger partial charge is 0.0684 e. The molecule has 0 aromatic heterocycles. The Hall–Kier alpha value is -0.120. The summed E-state index contributed by atoms with van der Waals surface area (Å²) in [6.45, 7) is 12.1. The number of rotatable bonds is 6. The minimum absolute atomic E-state index is 0.123. The zero-order valence-corrected chi connectivity index (χ0v) is 11.0. The van der Waals surface area contributed by atoms with Crippen molar-refractivity contribution in [3.63, 3.8) is 0 Å². The molecule has 0 aliphatic rings. The minimum atomic E-state index is 0.123. The molecule has 0 radical (unpaired) electrons. The quantitative estimate of drug-likeness (QED) is 0.603. The lowest BCUT2D eigenvalue weighted by molar-refractivity contribution is -0.0222. The molecule has 0 spiro atoms. The third-order valence-electron chi connectivity index (χ3n) is 3.34. The van der Waals surface area contributed by atoms with E-state index in [-0.39, 0.29) is 5.66 Å². The van der Waals surface area contributed by atoms with Crippen LogP contribution in [0.4, 0.5) is 0 Å². The van der Waals surface area contributed by atoms with E-state index >= 15 is 0 Å². The number of hydrogen-bond donors (Lipinski definition) is 0. The van der Waals surface area contributed by atoms with Crippen LogP contribution in [0.1, 0.15) is 27.7 Å². The van der Waals surface area contributed by atoms with Gasteiger partial charge < -0.3 is 0 Å². The fourth-order valence-corrected chi connectivity index (χ4v) is 1.31. The predicted octanol–water partition coefficient (Wildman–Crippen LogP) is 1.52. The third-order valence-corrected chi connectivity index (χ3v) is 3.34. The molecule has 0 rings (SSSR count). The molecule has 0 unspecified atom stereocenters. The monoisotopic (exact) mass is 201 g/mol. The summed E-state index contributed by atoms with van der Waals surface area (Å²) in [6, 6.07) is 0. The highest BCUT2D eigenvalue weighted by atomic mass is 15.4. The highest BCUT2D eigenvalue weighted by molar-refractivity contribution is 4.76. The van der Waals surface area contributed by atoms with Gasteiger partial charge in [-0.05, 0) is 48.1 Å². The molecule has 3 heteroatoms. The van der Waals surface area contributed by atoms with Gasteiger partial charge in [-0.3, -0.25) is 14.7 Å². The standard InChI is InChI=1S/C11H27N3/c1-8-12(5)10-14(7)11(3,4)13(6)9-2/h8-10H2,1-7H3. The van der Waals surface area contributed by atoms with E-state index < -0.39 is 0 Å². The molecule has 0 fully saturated rings. The van der Waals surface area contributed by atoms with Gasteiger partial charge in [-0.1, -0.05) is 13.8 Å². The predicted molar refractivity (Wildman–Crippen MR) is 63.3 cm³/mol. The summed E-state index contributed by atoms with van der Waals surface area (Å²) in [4.78, 5) is 7.04. The van der Waals surface area contributed by atoms with Gasteiger partial charge in [0.1, 0.15) is 0 Å². The van der Waals surface area contributed by atoms with Crippen LogP contribution in [-0.2, 0) is 0 Å². The normalized spacial score (nSPS) is 13.3. The first kappa shape index (κ1) is 13.9. The van der Waals surface area contributed by atoms with Crippen molar-refractivity contribution in [2.75, 3.05) is 40.9 Å². The van der Waals surface area contributed by atoms with Crippen LogP contribution in [0.2, 0.25) is 0 Å². The first-order valence-electron chi connectivity index (χ1n) is 5.47. The van der Waals surface area contributed by atoms with Crippen molar-refractivity contribution in [3.8, 4) is 0 Å². The van der Waals surface area contributed by atoms with Crippen molar-refractivity contribution in [2.45, 2.75) is 33.4 Å². The van der Waals surface area contributed by atoms with Crippen molar-refractivity contribution >= 4 is 0 Å². The molecule has 0 aromatic carbocycles. The second-order valence-corrected chi connectivity index (χ2v) is 4.52. The minimum Gasteiger partial charge on any atom is -0.294 e. The molecule has 0 bridgehead atoms. The van der Waals surface area contributed by atoms with Crippen molar-refractivity contribution in [1.29, 1.82) is 0 Å².